The van der Waals surface area contributed by atoms with E-state index in [4.69, 9.17) is 0 Å². The van der Waals surface area contributed by atoms with Gasteiger partial charge >= 0.3 is 0 Å². The second-order valence-electron chi connectivity index (χ2n) is 5.19. The van der Waals surface area contributed by atoms with Crippen molar-refractivity contribution in [1.29, 1.82) is 0 Å². The summed E-state index contributed by atoms with van der Waals surface area (Å²) >= 11 is 1.54. The van der Waals surface area contributed by atoms with Gasteiger partial charge in [0.05, 0.1) is 11.3 Å². The van der Waals surface area contributed by atoms with Crippen LogP contribution >= 0.6 is 11.8 Å². The zero-order valence-electron chi connectivity index (χ0n) is 11.1. The van der Waals surface area contributed by atoms with E-state index < -0.39 is 0 Å². The second-order valence-corrected chi connectivity index (χ2v) is 6.32. The number of H-pyrrole nitrogens is 1. The molecule has 0 radical (unpaired) electrons. The first-order chi connectivity index (χ1) is 8.41. The number of fused-ring (bicyclic) bond motifs is 1. The number of hydrogen-bond acceptors (Lipinski definition) is 3. The molecule has 0 unspecified atom stereocenters. The third-order valence-electron chi connectivity index (χ3n) is 3.02. The largest absolute Gasteiger partial charge is 0.310 e. The smallest absolute Gasteiger partial charge is 0.270 e. The fourth-order valence-electron chi connectivity index (χ4n) is 2.18. The Labute approximate surface area is 110 Å². The van der Waals surface area contributed by atoms with Crippen molar-refractivity contribution in [3.05, 3.63) is 15.9 Å². The Morgan fingerprint density at radius 1 is 1.28 bits per heavy atom. The predicted octanol–water partition coefficient (Wildman–Crippen LogP) is 2.14. The summed E-state index contributed by atoms with van der Waals surface area (Å²) in [6, 6.07) is 0.109. The number of amides is 1. The van der Waals surface area contributed by atoms with E-state index in [1.165, 1.54) is 11.8 Å². The van der Waals surface area contributed by atoms with E-state index in [1.807, 2.05) is 13.8 Å². The molecule has 1 atom stereocenters. The Morgan fingerprint density at radius 3 is 2.50 bits per heavy atom. The quantitative estimate of drug-likeness (QED) is 0.864. The van der Waals surface area contributed by atoms with Crippen LogP contribution in [0.3, 0.4) is 0 Å². The molecule has 0 saturated carbocycles. The molecule has 1 aromatic rings. The normalized spacial score (nSPS) is 19.9. The monoisotopic (exact) mass is 269 g/mol. The van der Waals surface area contributed by atoms with Crippen LogP contribution in [0.15, 0.2) is 4.79 Å². The van der Waals surface area contributed by atoms with Crippen molar-refractivity contribution in [3.8, 4) is 0 Å². The highest BCUT2D eigenvalue weighted by Gasteiger charge is 2.31. The maximum absolute atomic E-state index is 12.1. The summed E-state index contributed by atoms with van der Waals surface area (Å²) in [6.45, 7) is 8.10. The van der Waals surface area contributed by atoms with Crippen LogP contribution in [0.25, 0.3) is 0 Å². The maximum atomic E-state index is 12.1. The molecule has 5 nitrogen and oxygen atoms in total. The number of aromatic nitrogens is 2. The topological polar surface area (TPSA) is 66.9 Å². The third kappa shape index (κ3) is 2.21. The van der Waals surface area contributed by atoms with E-state index in [-0.39, 0.29) is 22.8 Å². The number of anilines is 1. The van der Waals surface area contributed by atoms with Crippen LogP contribution in [-0.4, -0.2) is 21.4 Å². The number of rotatable bonds is 2. The molecule has 6 heteroatoms. The van der Waals surface area contributed by atoms with Gasteiger partial charge in [0.1, 0.15) is 5.82 Å². The second kappa shape index (κ2) is 4.84. The van der Waals surface area contributed by atoms with Crippen molar-refractivity contribution in [1.82, 2.24) is 9.78 Å². The molecule has 0 aliphatic carbocycles. The van der Waals surface area contributed by atoms with Crippen LogP contribution in [0, 0.1) is 5.92 Å². The van der Waals surface area contributed by atoms with Crippen LogP contribution in [0.1, 0.15) is 44.6 Å². The number of carbonyl (C=O) groups excluding carboxylic acids is 1. The number of thioether (sulfide) groups is 1. The first-order valence-electron chi connectivity index (χ1n) is 6.17. The minimum Gasteiger partial charge on any atom is -0.310 e. The van der Waals surface area contributed by atoms with Gasteiger partial charge in [0.25, 0.3) is 5.56 Å². The predicted molar refractivity (Wildman–Crippen MR) is 74.1 cm³/mol. The van der Waals surface area contributed by atoms with E-state index in [0.717, 1.165) is 0 Å². The maximum Gasteiger partial charge on any atom is 0.270 e. The van der Waals surface area contributed by atoms with Crippen molar-refractivity contribution >= 4 is 23.5 Å². The van der Waals surface area contributed by atoms with E-state index in [1.54, 1.807) is 4.68 Å². The Balaban J connectivity index is 2.60. The lowest BCUT2D eigenvalue weighted by Crippen LogP contribution is -2.17. The minimum absolute atomic E-state index is 0.0437. The van der Waals surface area contributed by atoms with Gasteiger partial charge in [0.15, 0.2) is 0 Å². The molecule has 2 N–H and O–H groups in total. The first kappa shape index (κ1) is 13.3. The molecule has 0 aromatic carbocycles. The molecule has 0 bridgehead atoms. The van der Waals surface area contributed by atoms with Crippen LogP contribution in [0.4, 0.5) is 5.82 Å². The standard InChI is InChI=1S/C12H19N3O2S/c1-6(2)10-9-11(13-8(16)5-18-10)15(7(3)4)14-12(9)17/h6-7,10H,5H2,1-4H3,(H,13,16)(H,14,17)/t10-/m1/s1. The summed E-state index contributed by atoms with van der Waals surface area (Å²) < 4.78 is 1.75. The van der Waals surface area contributed by atoms with Gasteiger partial charge < -0.3 is 5.32 Å². The summed E-state index contributed by atoms with van der Waals surface area (Å²) in [6.07, 6.45) is 0. The Morgan fingerprint density at radius 2 is 1.94 bits per heavy atom. The van der Waals surface area contributed by atoms with Gasteiger partial charge in [0.2, 0.25) is 5.91 Å². The molecule has 2 heterocycles. The lowest BCUT2D eigenvalue weighted by molar-refractivity contribution is -0.113. The zero-order valence-corrected chi connectivity index (χ0v) is 11.9. The summed E-state index contributed by atoms with van der Waals surface area (Å²) in [4.78, 5) is 23.9. The highest BCUT2D eigenvalue weighted by molar-refractivity contribution is 8.00. The van der Waals surface area contributed by atoms with Gasteiger partial charge in [0, 0.05) is 11.3 Å². The average molecular weight is 269 g/mol. The fraction of sp³-hybridized carbons (Fsp3) is 0.667. The van der Waals surface area contributed by atoms with E-state index in [9.17, 15) is 9.59 Å². The Hall–Kier alpha value is -1.17. The van der Waals surface area contributed by atoms with Gasteiger partial charge in [-0.05, 0) is 19.8 Å². The molecule has 0 fully saturated rings. The molecule has 100 valence electrons. The molecule has 1 aliphatic heterocycles. The van der Waals surface area contributed by atoms with Crippen LogP contribution < -0.4 is 10.9 Å². The van der Waals surface area contributed by atoms with Gasteiger partial charge in [-0.2, -0.15) is 0 Å². The number of nitrogens with zero attached hydrogens (tertiary/aromatic N) is 1. The first-order valence-corrected chi connectivity index (χ1v) is 7.22. The van der Waals surface area contributed by atoms with Gasteiger partial charge in [-0.3, -0.25) is 19.4 Å². The van der Waals surface area contributed by atoms with Crippen molar-refractivity contribution < 1.29 is 4.79 Å². The Bertz CT molecular complexity index is 516. The molecule has 0 spiro atoms. The molecule has 0 saturated heterocycles. The van der Waals surface area contributed by atoms with Crippen molar-refractivity contribution in [2.75, 3.05) is 11.1 Å². The average Bonchev–Trinajstić information content (AvgIpc) is 2.48. The number of hydrogen-bond donors (Lipinski definition) is 2. The van der Waals surface area contributed by atoms with Gasteiger partial charge in [-0.15, -0.1) is 11.8 Å². The van der Waals surface area contributed by atoms with Gasteiger partial charge in [-0.1, -0.05) is 13.8 Å². The molecule has 1 aromatic heterocycles. The highest BCUT2D eigenvalue weighted by atomic mass is 32.2. The van der Waals surface area contributed by atoms with Crippen LogP contribution in [0.5, 0.6) is 0 Å². The third-order valence-corrected chi connectivity index (χ3v) is 4.59. The van der Waals surface area contributed by atoms with E-state index in [2.05, 4.69) is 24.3 Å². The zero-order chi connectivity index (χ0) is 13.4. The molecule has 18 heavy (non-hydrogen) atoms. The van der Waals surface area contributed by atoms with Crippen molar-refractivity contribution in [2.24, 2.45) is 5.92 Å². The van der Waals surface area contributed by atoms with E-state index >= 15 is 0 Å². The van der Waals surface area contributed by atoms with Gasteiger partial charge in [-0.25, -0.2) is 0 Å². The number of carbonyl (C=O) groups is 1. The molecule has 2 rings (SSSR count). The fourth-order valence-corrected chi connectivity index (χ4v) is 3.36. The summed E-state index contributed by atoms with van der Waals surface area (Å²) in [7, 11) is 0. The molecule has 1 amide bonds. The molecular formula is C12H19N3O2S. The summed E-state index contributed by atoms with van der Waals surface area (Å²) in [5.41, 5.74) is 0.613. The highest BCUT2D eigenvalue weighted by Crippen LogP contribution is 2.40. The summed E-state index contributed by atoms with van der Waals surface area (Å²) in [5, 5.41) is 5.73. The lowest BCUT2D eigenvalue weighted by atomic mass is 10.0. The van der Waals surface area contributed by atoms with E-state index in [0.29, 0.717) is 23.1 Å². The molecule has 1 aliphatic rings. The minimum atomic E-state index is -0.0906. The van der Waals surface area contributed by atoms with Crippen molar-refractivity contribution in [2.45, 2.75) is 39.0 Å². The summed E-state index contributed by atoms with van der Waals surface area (Å²) in [5.74, 6) is 1.31. The van der Waals surface area contributed by atoms with Crippen LogP contribution in [0.2, 0.25) is 0 Å². The molecular weight excluding hydrogens is 250 g/mol. The Kier molecular flexibility index (Phi) is 3.56. The SMILES string of the molecule is CC(C)[C@H]1SCC(=O)Nc2c1c(=O)[nH]n2C(C)C. The lowest BCUT2D eigenvalue weighted by Gasteiger charge is -2.17. The number of nitrogens with one attached hydrogen (secondary N) is 2. The van der Waals surface area contributed by atoms with Crippen molar-refractivity contribution in [3.63, 3.8) is 0 Å². The number of aromatic amines is 1. The van der Waals surface area contributed by atoms with Crippen LogP contribution in [-0.2, 0) is 4.79 Å².